The molecule has 1 N–H and O–H groups in total. The molecule has 1 aliphatic rings. The number of carboxylic acid groups (broad SMARTS) is 1. The van der Waals surface area contributed by atoms with Crippen LogP contribution in [0.25, 0.3) is 0 Å². The van der Waals surface area contributed by atoms with Gasteiger partial charge < -0.3 is 5.11 Å². The van der Waals surface area contributed by atoms with Crippen LogP contribution < -0.4 is 0 Å². The summed E-state index contributed by atoms with van der Waals surface area (Å²) in [6, 6.07) is 0. The van der Waals surface area contributed by atoms with Crippen LogP contribution >= 0.6 is 0 Å². The molecule has 0 aromatic heterocycles. The van der Waals surface area contributed by atoms with Crippen LogP contribution in [-0.2, 0) is 9.59 Å². The third-order valence-corrected chi connectivity index (χ3v) is 1.63. The average molecular weight is 176 g/mol. The van der Waals surface area contributed by atoms with Crippen LogP contribution in [0.5, 0.6) is 0 Å². The first-order valence-corrected chi connectivity index (χ1v) is 3.75. The Bertz CT molecular complexity index is 341. The van der Waals surface area contributed by atoms with Gasteiger partial charge in [0.15, 0.2) is 0 Å². The SMILES string of the molecule is O=C=C1C=CC=CC1C=CC(=O)O. The van der Waals surface area contributed by atoms with E-state index in [1.54, 1.807) is 30.2 Å². The topological polar surface area (TPSA) is 54.4 Å². The summed E-state index contributed by atoms with van der Waals surface area (Å²) in [5.41, 5.74) is 0.444. The summed E-state index contributed by atoms with van der Waals surface area (Å²) in [5, 5.41) is 8.37. The van der Waals surface area contributed by atoms with Crippen molar-refractivity contribution in [3.8, 4) is 0 Å². The van der Waals surface area contributed by atoms with Gasteiger partial charge in [0.25, 0.3) is 0 Å². The van der Waals surface area contributed by atoms with Gasteiger partial charge >= 0.3 is 5.97 Å². The first-order valence-electron chi connectivity index (χ1n) is 3.75. The second kappa shape index (κ2) is 4.24. The van der Waals surface area contributed by atoms with E-state index in [0.29, 0.717) is 5.57 Å². The molecule has 0 bridgehead atoms. The molecule has 0 saturated carbocycles. The minimum absolute atomic E-state index is 0.265. The van der Waals surface area contributed by atoms with Crippen molar-refractivity contribution in [1.82, 2.24) is 0 Å². The minimum atomic E-state index is -1.02. The molecule has 0 amide bonds. The predicted molar refractivity (Wildman–Crippen MR) is 47.8 cm³/mol. The molecule has 0 aromatic rings. The Hall–Kier alpha value is -1.86. The Kier molecular flexibility index (Phi) is 3.01. The number of allylic oxidation sites excluding steroid dienone is 6. The maximum Gasteiger partial charge on any atom is 0.328 e. The van der Waals surface area contributed by atoms with E-state index in [9.17, 15) is 9.59 Å². The highest BCUT2D eigenvalue weighted by Crippen LogP contribution is 2.17. The Morgan fingerprint density at radius 2 is 2.31 bits per heavy atom. The third kappa shape index (κ3) is 2.58. The molecule has 0 fully saturated rings. The Morgan fingerprint density at radius 1 is 1.54 bits per heavy atom. The zero-order valence-electron chi connectivity index (χ0n) is 6.81. The zero-order valence-corrected chi connectivity index (χ0v) is 6.81. The molecule has 66 valence electrons. The van der Waals surface area contributed by atoms with Crippen LogP contribution in [0.4, 0.5) is 0 Å². The van der Waals surface area contributed by atoms with E-state index in [0.717, 1.165) is 6.08 Å². The number of carbonyl (C=O) groups is 1. The maximum absolute atomic E-state index is 10.4. The van der Waals surface area contributed by atoms with Gasteiger partial charge in [-0.2, -0.15) is 0 Å². The van der Waals surface area contributed by atoms with Crippen LogP contribution in [0.3, 0.4) is 0 Å². The van der Waals surface area contributed by atoms with Crippen molar-refractivity contribution in [2.75, 3.05) is 0 Å². The van der Waals surface area contributed by atoms with Crippen LogP contribution in [0.2, 0.25) is 0 Å². The van der Waals surface area contributed by atoms with Crippen LogP contribution in [0, 0.1) is 5.92 Å². The van der Waals surface area contributed by atoms with E-state index >= 15 is 0 Å². The molecule has 3 nitrogen and oxygen atoms in total. The highest BCUT2D eigenvalue weighted by molar-refractivity contribution is 5.80. The van der Waals surface area contributed by atoms with E-state index in [-0.39, 0.29) is 5.92 Å². The minimum Gasteiger partial charge on any atom is -0.478 e. The largest absolute Gasteiger partial charge is 0.478 e. The van der Waals surface area contributed by atoms with E-state index in [4.69, 9.17) is 5.11 Å². The zero-order chi connectivity index (χ0) is 9.68. The second-order valence-corrected chi connectivity index (χ2v) is 2.52. The van der Waals surface area contributed by atoms with Gasteiger partial charge in [-0.25, -0.2) is 9.59 Å². The number of rotatable bonds is 2. The molecule has 0 radical (unpaired) electrons. The van der Waals surface area contributed by atoms with E-state index in [2.05, 4.69) is 0 Å². The molecule has 1 atom stereocenters. The lowest BCUT2D eigenvalue weighted by atomic mass is 9.95. The van der Waals surface area contributed by atoms with Crippen LogP contribution in [-0.4, -0.2) is 17.0 Å². The summed E-state index contributed by atoms with van der Waals surface area (Å²) in [6.45, 7) is 0. The lowest BCUT2D eigenvalue weighted by Gasteiger charge is -2.07. The molecule has 1 rings (SSSR count). The molecule has 13 heavy (non-hydrogen) atoms. The predicted octanol–water partition coefficient (Wildman–Crippen LogP) is 1.13. The van der Waals surface area contributed by atoms with Crippen molar-refractivity contribution in [3.63, 3.8) is 0 Å². The average Bonchev–Trinajstić information content (AvgIpc) is 2.15. The van der Waals surface area contributed by atoms with Crippen molar-refractivity contribution in [2.24, 2.45) is 5.92 Å². The van der Waals surface area contributed by atoms with Gasteiger partial charge in [0, 0.05) is 17.6 Å². The standard InChI is InChI=1S/C10H8O3/c11-7-9-4-2-1-3-8(9)5-6-10(12)13/h1-6,8H,(H,12,13). The molecule has 0 aromatic carbocycles. The number of carbonyl (C=O) groups excluding carboxylic acids is 1. The van der Waals surface area contributed by atoms with E-state index < -0.39 is 5.97 Å². The maximum atomic E-state index is 10.4. The lowest BCUT2D eigenvalue weighted by Crippen LogP contribution is -2.00. The third-order valence-electron chi connectivity index (χ3n) is 1.63. The number of hydrogen-bond donors (Lipinski definition) is 1. The second-order valence-electron chi connectivity index (χ2n) is 2.52. The van der Waals surface area contributed by atoms with Crippen LogP contribution in [0.15, 0.2) is 42.0 Å². The number of aliphatic carboxylic acids is 1. The molecular weight excluding hydrogens is 168 g/mol. The fourth-order valence-electron chi connectivity index (χ4n) is 1.01. The number of carboxylic acids is 1. The summed E-state index contributed by atoms with van der Waals surface area (Å²) >= 11 is 0. The van der Waals surface area contributed by atoms with Crippen molar-refractivity contribution in [2.45, 2.75) is 0 Å². The van der Waals surface area contributed by atoms with Crippen LogP contribution in [0.1, 0.15) is 0 Å². The van der Waals surface area contributed by atoms with E-state index in [1.165, 1.54) is 6.08 Å². The number of hydrogen-bond acceptors (Lipinski definition) is 2. The van der Waals surface area contributed by atoms with Crippen molar-refractivity contribution >= 4 is 11.9 Å². The Labute approximate surface area is 75.4 Å². The van der Waals surface area contributed by atoms with Crippen molar-refractivity contribution < 1.29 is 14.7 Å². The van der Waals surface area contributed by atoms with Gasteiger partial charge in [-0.05, 0) is 6.08 Å². The van der Waals surface area contributed by atoms with Gasteiger partial charge in [0.1, 0.15) is 5.94 Å². The summed E-state index contributed by atoms with van der Waals surface area (Å²) in [6.07, 6.45) is 9.29. The van der Waals surface area contributed by atoms with Gasteiger partial charge in [0.2, 0.25) is 0 Å². The lowest BCUT2D eigenvalue weighted by molar-refractivity contribution is -0.131. The normalized spacial score (nSPS) is 20.6. The monoisotopic (exact) mass is 176 g/mol. The van der Waals surface area contributed by atoms with Gasteiger partial charge in [-0.3, -0.25) is 0 Å². The Balaban J connectivity index is 2.81. The van der Waals surface area contributed by atoms with Crippen molar-refractivity contribution in [3.05, 3.63) is 42.0 Å². The molecular formula is C10H8O3. The highest BCUT2D eigenvalue weighted by Gasteiger charge is 2.08. The summed E-state index contributed by atoms with van der Waals surface area (Å²) in [7, 11) is 0. The first kappa shape index (κ1) is 9.23. The fourth-order valence-corrected chi connectivity index (χ4v) is 1.01. The molecule has 0 aliphatic heterocycles. The summed E-state index contributed by atoms with van der Waals surface area (Å²) < 4.78 is 0. The summed E-state index contributed by atoms with van der Waals surface area (Å²) in [4.78, 5) is 20.6. The molecule has 3 heteroatoms. The van der Waals surface area contributed by atoms with Crippen molar-refractivity contribution in [1.29, 1.82) is 0 Å². The molecule has 0 heterocycles. The smallest absolute Gasteiger partial charge is 0.328 e. The molecule has 1 aliphatic carbocycles. The first-order chi connectivity index (χ1) is 6.24. The quantitative estimate of drug-likeness (QED) is 0.506. The van der Waals surface area contributed by atoms with Gasteiger partial charge in [0.05, 0.1) is 0 Å². The highest BCUT2D eigenvalue weighted by atomic mass is 16.4. The van der Waals surface area contributed by atoms with Gasteiger partial charge in [-0.1, -0.05) is 24.3 Å². The molecule has 0 spiro atoms. The van der Waals surface area contributed by atoms with E-state index in [1.807, 2.05) is 0 Å². The molecule has 0 saturated heterocycles. The summed E-state index contributed by atoms with van der Waals surface area (Å²) in [5.74, 6) is 0.477. The fraction of sp³-hybridized carbons (Fsp3) is 0.100. The Morgan fingerprint density at radius 3 is 2.92 bits per heavy atom. The van der Waals surface area contributed by atoms with Gasteiger partial charge in [-0.15, -0.1) is 0 Å². The molecule has 1 unspecified atom stereocenters.